The zero-order chi connectivity index (χ0) is 27.6. The third-order valence-electron chi connectivity index (χ3n) is 6.18. The first kappa shape index (κ1) is 28.8. The van der Waals surface area contributed by atoms with Crippen molar-refractivity contribution in [2.24, 2.45) is 5.73 Å². The summed E-state index contributed by atoms with van der Waals surface area (Å²) >= 11 is 0. The van der Waals surface area contributed by atoms with E-state index in [-0.39, 0.29) is 24.7 Å². The Hall–Kier alpha value is -3.75. The molecule has 38 heavy (non-hydrogen) atoms. The summed E-state index contributed by atoms with van der Waals surface area (Å²) < 4.78 is 32.0. The number of amides is 1. The lowest BCUT2D eigenvalue weighted by atomic mass is 10.2. The molecule has 0 spiro atoms. The van der Waals surface area contributed by atoms with Gasteiger partial charge in [0.2, 0.25) is 0 Å². The smallest absolute Gasteiger partial charge is 0.405 e. The van der Waals surface area contributed by atoms with Crippen molar-refractivity contribution in [3.05, 3.63) is 108 Å². The number of benzene rings is 3. The van der Waals surface area contributed by atoms with Gasteiger partial charge in [0, 0.05) is 13.0 Å². The normalized spacial score (nSPS) is 13.0. The van der Waals surface area contributed by atoms with Crippen LogP contribution in [-0.4, -0.2) is 39.7 Å². The van der Waals surface area contributed by atoms with Crippen LogP contribution >= 0.6 is 0 Å². The molecule has 2 N–H and O–H groups in total. The average molecular weight is 536 g/mol. The van der Waals surface area contributed by atoms with E-state index in [0.29, 0.717) is 5.56 Å². The predicted octanol–water partition coefficient (Wildman–Crippen LogP) is 5.13. The van der Waals surface area contributed by atoms with Gasteiger partial charge in [-0.2, -0.15) is 0 Å². The molecule has 200 valence electrons. The van der Waals surface area contributed by atoms with Crippen LogP contribution in [0.2, 0.25) is 5.04 Å². The van der Waals surface area contributed by atoms with Gasteiger partial charge in [-0.15, -0.1) is 0 Å². The van der Waals surface area contributed by atoms with Gasteiger partial charge in [0.05, 0.1) is 5.56 Å². The Morgan fingerprint density at radius 2 is 1.39 bits per heavy atom. The lowest BCUT2D eigenvalue weighted by Crippen LogP contribution is -2.66. The maximum atomic E-state index is 15.1. The molecule has 0 aliphatic carbocycles. The zero-order valence-electron chi connectivity index (χ0n) is 21.9. The summed E-state index contributed by atoms with van der Waals surface area (Å²) in [7, 11) is -2.85. The van der Waals surface area contributed by atoms with Crippen LogP contribution in [0.3, 0.4) is 0 Å². The van der Waals surface area contributed by atoms with Crippen molar-refractivity contribution in [2.45, 2.75) is 38.3 Å². The van der Waals surface area contributed by atoms with Gasteiger partial charge in [-0.3, -0.25) is 0 Å². The van der Waals surface area contributed by atoms with Crippen LogP contribution < -0.4 is 16.1 Å². The van der Waals surface area contributed by atoms with Gasteiger partial charge in [0.15, 0.2) is 6.10 Å². The standard InChI is InChI=1S/C30H34FNO5Si/c1-30(2,3)38(24-15-9-5-10-16-24,25-17-11-6-12-18-25)36-22-20-27(37-29(32)34)26(31)19-21-35-28(33)23-13-7-4-8-14-23/h4-19,27H,20-22H2,1-3H3,(H2,32,34)/b26-19-/t27-/m1/s1. The monoisotopic (exact) mass is 535 g/mol. The van der Waals surface area contributed by atoms with Gasteiger partial charge in [0.25, 0.3) is 8.32 Å². The fraction of sp³-hybridized carbons (Fsp3) is 0.267. The first-order valence-corrected chi connectivity index (χ1v) is 14.3. The molecule has 0 aliphatic rings. The molecule has 0 radical (unpaired) electrons. The molecule has 0 bridgehead atoms. The first-order valence-electron chi connectivity index (χ1n) is 12.4. The molecular weight excluding hydrogens is 501 g/mol. The second-order valence-corrected chi connectivity index (χ2v) is 14.1. The first-order chi connectivity index (χ1) is 18.1. The fourth-order valence-corrected chi connectivity index (χ4v) is 9.04. The minimum Gasteiger partial charge on any atom is -0.458 e. The number of esters is 1. The highest BCUT2D eigenvalue weighted by Gasteiger charge is 2.50. The van der Waals surface area contributed by atoms with Crippen molar-refractivity contribution in [3.8, 4) is 0 Å². The molecule has 0 unspecified atom stereocenters. The number of halogens is 1. The molecule has 0 saturated carbocycles. The predicted molar refractivity (Wildman–Crippen MR) is 149 cm³/mol. The maximum absolute atomic E-state index is 15.1. The minimum absolute atomic E-state index is 0.0302. The van der Waals surface area contributed by atoms with E-state index in [9.17, 15) is 9.59 Å². The number of hydrogen-bond acceptors (Lipinski definition) is 5. The van der Waals surface area contributed by atoms with Crippen LogP contribution in [-0.2, 0) is 13.9 Å². The van der Waals surface area contributed by atoms with Crippen LogP contribution in [0, 0.1) is 0 Å². The quantitative estimate of drug-likeness (QED) is 0.272. The number of nitrogens with two attached hydrogens (primary N) is 1. The highest BCUT2D eigenvalue weighted by molar-refractivity contribution is 6.99. The molecule has 8 heteroatoms. The third kappa shape index (κ3) is 7.17. The zero-order valence-corrected chi connectivity index (χ0v) is 22.9. The van der Waals surface area contributed by atoms with Crippen molar-refractivity contribution in [2.75, 3.05) is 13.2 Å². The lowest BCUT2D eigenvalue weighted by molar-refractivity contribution is 0.0541. The number of primary amides is 1. The second kappa shape index (κ2) is 13.2. The number of carbonyl (C=O) groups excluding carboxylic acids is 2. The van der Waals surface area contributed by atoms with Gasteiger partial charge < -0.3 is 19.6 Å². The Kier molecular flexibility index (Phi) is 9.98. The topological polar surface area (TPSA) is 87.8 Å². The van der Waals surface area contributed by atoms with Crippen LogP contribution in [0.4, 0.5) is 9.18 Å². The van der Waals surface area contributed by atoms with Gasteiger partial charge in [-0.05, 0) is 33.6 Å². The van der Waals surface area contributed by atoms with Gasteiger partial charge in [0.1, 0.15) is 12.4 Å². The summed E-state index contributed by atoms with van der Waals surface area (Å²) in [5, 5.41) is 1.89. The van der Waals surface area contributed by atoms with Crippen molar-refractivity contribution in [3.63, 3.8) is 0 Å². The number of carbonyl (C=O) groups is 2. The summed E-state index contributed by atoms with van der Waals surface area (Å²) in [5.74, 6) is -1.35. The van der Waals surface area contributed by atoms with E-state index < -0.39 is 32.3 Å². The molecule has 6 nitrogen and oxygen atoms in total. The summed E-state index contributed by atoms with van der Waals surface area (Å²) in [6.07, 6.45) is -1.29. The average Bonchev–Trinajstić information content (AvgIpc) is 2.91. The van der Waals surface area contributed by atoms with E-state index in [1.165, 1.54) is 0 Å². The van der Waals surface area contributed by atoms with Crippen molar-refractivity contribution >= 4 is 30.8 Å². The third-order valence-corrected chi connectivity index (χ3v) is 11.2. The van der Waals surface area contributed by atoms with E-state index in [4.69, 9.17) is 19.6 Å². The summed E-state index contributed by atoms with van der Waals surface area (Å²) in [5.41, 5.74) is 5.57. The lowest BCUT2D eigenvalue weighted by Gasteiger charge is -2.43. The van der Waals surface area contributed by atoms with E-state index in [1.54, 1.807) is 30.3 Å². The van der Waals surface area contributed by atoms with Gasteiger partial charge >= 0.3 is 12.1 Å². The Bertz CT molecular complexity index is 1170. The number of rotatable bonds is 11. The van der Waals surface area contributed by atoms with E-state index >= 15 is 4.39 Å². The molecule has 3 aromatic rings. The van der Waals surface area contributed by atoms with E-state index in [1.807, 2.05) is 36.4 Å². The van der Waals surface area contributed by atoms with Crippen LogP contribution in [0.25, 0.3) is 0 Å². The summed E-state index contributed by atoms with van der Waals surface area (Å²) in [6.45, 7) is 6.19. The van der Waals surface area contributed by atoms with Gasteiger partial charge in [-0.25, -0.2) is 14.0 Å². The highest BCUT2D eigenvalue weighted by atomic mass is 28.4. The molecule has 1 atom stereocenters. The molecule has 0 aliphatic heterocycles. The van der Waals surface area contributed by atoms with Crippen LogP contribution in [0.15, 0.2) is 103 Å². The van der Waals surface area contributed by atoms with Crippen molar-refractivity contribution in [1.29, 1.82) is 0 Å². The second-order valence-electron chi connectivity index (χ2n) is 9.78. The fourth-order valence-electron chi connectivity index (χ4n) is 4.46. The molecule has 0 fully saturated rings. The molecule has 0 heterocycles. The highest BCUT2D eigenvalue weighted by Crippen LogP contribution is 2.37. The number of hydrogen-bond donors (Lipinski definition) is 1. The Morgan fingerprint density at radius 3 is 1.87 bits per heavy atom. The molecular formula is C30H34FNO5Si. The van der Waals surface area contributed by atoms with E-state index in [2.05, 4.69) is 45.0 Å². The van der Waals surface area contributed by atoms with Crippen molar-refractivity contribution < 1.29 is 27.9 Å². The number of ether oxygens (including phenoxy) is 2. The van der Waals surface area contributed by atoms with Crippen LogP contribution in [0.5, 0.6) is 0 Å². The Morgan fingerprint density at radius 1 is 0.895 bits per heavy atom. The Balaban J connectivity index is 1.79. The minimum atomic E-state index is -2.85. The Labute approximate surface area is 224 Å². The largest absolute Gasteiger partial charge is 0.458 e. The summed E-state index contributed by atoms with van der Waals surface area (Å²) in [6, 6.07) is 28.5. The summed E-state index contributed by atoms with van der Waals surface area (Å²) in [4.78, 5) is 23.7. The SMILES string of the molecule is CC(C)(C)[Si](OCC[C@@H](OC(N)=O)/C(F)=C/COC(=O)c1ccccc1)(c1ccccc1)c1ccccc1. The van der Waals surface area contributed by atoms with Gasteiger partial charge in [-0.1, -0.05) is 99.6 Å². The molecule has 3 aromatic carbocycles. The van der Waals surface area contributed by atoms with E-state index in [0.717, 1.165) is 16.4 Å². The molecule has 0 aromatic heterocycles. The molecule has 0 saturated heterocycles. The van der Waals surface area contributed by atoms with Crippen LogP contribution in [0.1, 0.15) is 37.6 Å². The van der Waals surface area contributed by atoms with Crippen molar-refractivity contribution in [1.82, 2.24) is 0 Å². The maximum Gasteiger partial charge on any atom is 0.405 e. The molecule has 3 rings (SSSR count). The molecule has 1 amide bonds.